The molecule has 1 atom stereocenters. The zero-order chi connectivity index (χ0) is 21.2. The van der Waals surface area contributed by atoms with E-state index in [0.717, 1.165) is 5.56 Å². The standard InChI is InChI=1S/C23H29FN2O2S/c1-17(2)25-23(28)18(3)26(14-13-19-9-5-4-6-10-19)22(27)16-29-15-20-11-7-8-12-21(20)24/h4-12,17-18H,13-16H2,1-3H3,(H,25,28). The van der Waals surface area contributed by atoms with Crippen molar-refractivity contribution in [3.63, 3.8) is 0 Å². The van der Waals surface area contributed by atoms with Crippen LogP contribution in [0.4, 0.5) is 4.39 Å². The van der Waals surface area contributed by atoms with Gasteiger partial charge in [-0.25, -0.2) is 4.39 Å². The first kappa shape index (κ1) is 22.9. The number of hydrogen-bond donors (Lipinski definition) is 1. The van der Waals surface area contributed by atoms with Crippen LogP contribution in [0.3, 0.4) is 0 Å². The molecule has 1 unspecified atom stereocenters. The maximum absolute atomic E-state index is 13.8. The molecule has 0 spiro atoms. The maximum Gasteiger partial charge on any atom is 0.242 e. The quantitative estimate of drug-likeness (QED) is 0.636. The molecule has 4 nitrogen and oxygen atoms in total. The van der Waals surface area contributed by atoms with Gasteiger partial charge >= 0.3 is 0 Å². The highest BCUT2D eigenvalue weighted by Crippen LogP contribution is 2.17. The van der Waals surface area contributed by atoms with Gasteiger partial charge in [0.25, 0.3) is 0 Å². The van der Waals surface area contributed by atoms with Crippen molar-refractivity contribution in [2.24, 2.45) is 0 Å². The first-order chi connectivity index (χ1) is 13.9. The minimum absolute atomic E-state index is 0.00598. The molecule has 0 bridgehead atoms. The lowest BCUT2D eigenvalue weighted by Crippen LogP contribution is -2.50. The number of halogens is 1. The molecule has 0 heterocycles. The smallest absolute Gasteiger partial charge is 0.242 e. The summed E-state index contributed by atoms with van der Waals surface area (Å²) in [5.74, 6) is 0.0622. The highest BCUT2D eigenvalue weighted by Gasteiger charge is 2.26. The second-order valence-corrected chi connectivity index (χ2v) is 8.23. The van der Waals surface area contributed by atoms with E-state index in [0.29, 0.717) is 24.3 Å². The monoisotopic (exact) mass is 416 g/mol. The second-order valence-electron chi connectivity index (χ2n) is 7.25. The van der Waals surface area contributed by atoms with Crippen molar-refractivity contribution in [2.45, 2.75) is 45.0 Å². The first-order valence-electron chi connectivity index (χ1n) is 9.83. The predicted octanol–water partition coefficient (Wildman–Crippen LogP) is 4.04. The molecular formula is C23H29FN2O2S. The van der Waals surface area contributed by atoms with Gasteiger partial charge in [0.1, 0.15) is 11.9 Å². The molecule has 156 valence electrons. The van der Waals surface area contributed by atoms with E-state index >= 15 is 0 Å². The Balaban J connectivity index is 2.00. The molecule has 0 aliphatic heterocycles. The van der Waals surface area contributed by atoms with Crippen LogP contribution in [-0.4, -0.2) is 41.1 Å². The Morgan fingerprint density at radius 2 is 1.69 bits per heavy atom. The van der Waals surface area contributed by atoms with Gasteiger partial charge in [0.05, 0.1) is 5.75 Å². The highest BCUT2D eigenvalue weighted by molar-refractivity contribution is 7.99. The van der Waals surface area contributed by atoms with E-state index in [1.54, 1.807) is 30.0 Å². The molecule has 0 aliphatic rings. The van der Waals surface area contributed by atoms with Gasteiger partial charge < -0.3 is 10.2 Å². The number of benzene rings is 2. The summed E-state index contributed by atoms with van der Waals surface area (Å²) >= 11 is 1.36. The van der Waals surface area contributed by atoms with Crippen LogP contribution >= 0.6 is 11.8 Å². The lowest BCUT2D eigenvalue weighted by molar-refractivity contribution is -0.138. The maximum atomic E-state index is 13.8. The minimum atomic E-state index is -0.567. The normalized spacial score (nSPS) is 11.9. The van der Waals surface area contributed by atoms with Gasteiger partial charge in [-0.1, -0.05) is 48.5 Å². The van der Waals surface area contributed by atoms with Gasteiger partial charge in [0, 0.05) is 18.3 Å². The van der Waals surface area contributed by atoms with Gasteiger partial charge in [-0.3, -0.25) is 9.59 Å². The molecule has 2 aromatic rings. The molecule has 0 fully saturated rings. The zero-order valence-electron chi connectivity index (χ0n) is 17.2. The molecule has 0 radical (unpaired) electrons. The second kappa shape index (κ2) is 11.6. The van der Waals surface area contributed by atoms with Crippen LogP contribution in [0.1, 0.15) is 31.9 Å². The molecule has 6 heteroatoms. The van der Waals surface area contributed by atoms with Crippen LogP contribution in [0.5, 0.6) is 0 Å². The molecule has 29 heavy (non-hydrogen) atoms. The number of hydrogen-bond acceptors (Lipinski definition) is 3. The fourth-order valence-corrected chi connectivity index (χ4v) is 3.82. The first-order valence-corrected chi connectivity index (χ1v) is 11.0. The van der Waals surface area contributed by atoms with Crippen molar-refractivity contribution in [3.05, 3.63) is 71.5 Å². The average molecular weight is 417 g/mol. The number of nitrogens with zero attached hydrogens (tertiary/aromatic N) is 1. The molecule has 0 aromatic heterocycles. The van der Waals surface area contributed by atoms with E-state index in [4.69, 9.17) is 0 Å². The van der Waals surface area contributed by atoms with Gasteiger partial charge in [0.2, 0.25) is 11.8 Å². The summed E-state index contributed by atoms with van der Waals surface area (Å²) in [6, 6.07) is 15.9. The summed E-state index contributed by atoms with van der Waals surface area (Å²) < 4.78 is 13.8. The topological polar surface area (TPSA) is 49.4 Å². The summed E-state index contributed by atoms with van der Waals surface area (Å²) in [4.78, 5) is 27.0. The molecule has 2 amide bonds. The number of carbonyl (C=O) groups excluding carboxylic acids is 2. The summed E-state index contributed by atoms with van der Waals surface area (Å²) in [6.07, 6.45) is 0.670. The molecule has 0 saturated carbocycles. The third-order valence-electron chi connectivity index (χ3n) is 4.52. The Labute approximate surface area is 176 Å². The van der Waals surface area contributed by atoms with E-state index in [9.17, 15) is 14.0 Å². The largest absolute Gasteiger partial charge is 0.352 e. The van der Waals surface area contributed by atoms with Gasteiger partial charge in [-0.05, 0) is 44.4 Å². The number of nitrogens with one attached hydrogen (secondary N) is 1. The lowest BCUT2D eigenvalue weighted by atomic mass is 10.1. The fraction of sp³-hybridized carbons (Fsp3) is 0.391. The van der Waals surface area contributed by atoms with Crippen molar-refractivity contribution < 1.29 is 14.0 Å². The van der Waals surface area contributed by atoms with Crippen LogP contribution in [0.2, 0.25) is 0 Å². The summed E-state index contributed by atoms with van der Waals surface area (Å²) in [6.45, 7) is 5.99. The Bertz CT molecular complexity index is 798. The highest BCUT2D eigenvalue weighted by atomic mass is 32.2. The Hall–Kier alpha value is -2.34. The minimum Gasteiger partial charge on any atom is -0.352 e. The van der Waals surface area contributed by atoms with E-state index in [1.807, 2.05) is 44.2 Å². The Morgan fingerprint density at radius 3 is 2.34 bits per heavy atom. The Morgan fingerprint density at radius 1 is 1.03 bits per heavy atom. The summed E-state index contributed by atoms with van der Waals surface area (Å²) in [7, 11) is 0. The molecule has 0 saturated heterocycles. The van der Waals surface area contributed by atoms with Crippen molar-refractivity contribution >= 4 is 23.6 Å². The van der Waals surface area contributed by atoms with Crippen LogP contribution < -0.4 is 5.32 Å². The average Bonchev–Trinajstić information content (AvgIpc) is 2.69. The van der Waals surface area contributed by atoms with E-state index in [1.165, 1.54) is 17.8 Å². The van der Waals surface area contributed by atoms with Crippen LogP contribution in [0.25, 0.3) is 0 Å². The number of carbonyl (C=O) groups is 2. The summed E-state index contributed by atoms with van der Waals surface area (Å²) in [5.41, 5.74) is 1.69. The van der Waals surface area contributed by atoms with E-state index < -0.39 is 6.04 Å². The molecule has 1 N–H and O–H groups in total. The molecule has 2 aromatic carbocycles. The lowest BCUT2D eigenvalue weighted by Gasteiger charge is -2.29. The SMILES string of the molecule is CC(C)NC(=O)C(C)N(CCc1ccccc1)C(=O)CSCc1ccccc1F. The number of thioether (sulfide) groups is 1. The third-order valence-corrected chi connectivity index (χ3v) is 5.49. The van der Waals surface area contributed by atoms with Crippen LogP contribution in [0.15, 0.2) is 54.6 Å². The van der Waals surface area contributed by atoms with Gasteiger partial charge in [0.15, 0.2) is 0 Å². The van der Waals surface area contributed by atoms with Gasteiger partial charge in [-0.15, -0.1) is 11.8 Å². The molecule has 2 rings (SSSR count). The van der Waals surface area contributed by atoms with Crippen LogP contribution in [-0.2, 0) is 21.8 Å². The predicted molar refractivity (Wildman–Crippen MR) is 117 cm³/mol. The van der Waals surface area contributed by atoms with Crippen molar-refractivity contribution in [1.29, 1.82) is 0 Å². The van der Waals surface area contributed by atoms with Crippen LogP contribution in [0, 0.1) is 5.82 Å². The summed E-state index contributed by atoms with van der Waals surface area (Å²) in [5, 5.41) is 2.88. The van der Waals surface area contributed by atoms with Gasteiger partial charge in [-0.2, -0.15) is 0 Å². The van der Waals surface area contributed by atoms with E-state index in [2.05, 4.69) is 5.32 Å². The van der Waals surface area contributed by atoms with E-state index in [-0.39, 0.29) is 29.4 Å². The Kier molecular flexibility index (Phi) is 9.19. The zero-order valence-corrected chi connectivity index (χ0v) is 18.0. The van der Waals surface area contributed by atoms with Crippen molar-refractivity contribution in [3.8, 4) is 0 Å². The van der Waals surface area contributed by atoms with Crippen molar-refractivity contribution in [1.82, 2.24) is 10.2 Å². The molecule has 0 aliphatic carbocycles. The fourth-order valence-electron chi connectivity index (χ4n) is 2.92. The number of rotatable bonds is 10. The number of amides is 2. The third kappa shape index (κ3) is 7.54. The molecular weight excluding hydrogens is 387 g/mol. The van der Waals surface area contributed by atoms with Crippen molar-refractivity contribution in [2.75, 3.05) is 12.3 Å².